The fraction of sp³-hybridized carbons (Fsp3) is 0.118. The smallest absolute Gasteiger partial charge is 0.257 e. The van der Waals surface area contributed by atoms with E-state index in [1.54, 1.807) is 32.0 Å². The van der Waals surface area contributed by atoms with Crippen molar-refractivity contribution in [3.63, 3.8) is 0 Å². The quantitative estimate of drug-likeness (QED) is 0.613. The van der Waals surface area contributed by atoms with Gasteiger partial charge in [-0.05, 0) is 25.1 Å². The molecule has 0 radical (unpaired) electrons. The number of hydrogen-bond donors (Lipinski definition) is 1. The molecule has 8 nitrogen and oxygen atoms in total. The minimum atomic E-state index is -0.281. The van der Waals surface area contributed by atoms with Crippen LogP contribution in [0.1, 0.15) is 21.9 Å². The summed E-state index contributed by atoms with van der Waals surface area (Å²) in [5.74, 6) is 0.668. The largest absolute Gasteiger partial charge is 0.339 e. The Morgan fingerprint density at radius 2 is 2.00 bits per heavy atom. The molecule has 124 valence electrons. The Morgan fingerprint density at radius 3 is 2.80 bits per heavy atom. The van der Waals surface area contributed by atoms with Gasteiger partial charge in [0.2, 0.25) is 11.7 Å². The highest BCUT2D eigenvalue weighted by molar-refractivity contribution is 6.05. The summed E-state index contributed by atoms with van der Waals surface area (Å²) in [6.07, 6.45) is 1.45. The molecule has 0 unspecified atom stereocenters. The fourth-order valence-corrected chi connectivity index (χ4v) is 2.43. The van der Waals surface area contributed by atoms with Gasteiger partial charge in [0.15, 0.2) is 0 Å². The van der Waals surface area contributed by atoms with Gasteiger partial charge in [0.1, 0.15) is 0 Å². The van der Waals surface area contributed by atoms with Crippen LogP contribution < -0.4 is 5.32 Å². The van der Waals surface area contributed by atoms with Crippen molar-refractivity contribution < 1.29 is 13.8 Å². The number of nitrogens with one attached hydrogen (secondary N) is 1. The molecule has 0 aliphatic rings. The van der Waals surface area contributed by atoms with Crippen molar-refractivity contribution in [2.75, 3.05) is 5.32 Å². The van der Waals surface area contributed by atoms with Crippen LogP contribution in [0.3, 0.4) is 0 Å². The molecule has 0 saturated carbocycles. The van der Waals surface area contributed by atoms with Crippen LogP contribution in [0.5, 0.6) is 0 Å². The number of anilines is 1. The van der Waals surface area contributed by atoms with Crippen LogP contribution in [0.4, 0.5) is 5.69 Å². The van der Waals surface area contributed by atoms with E-state index in [0.29, 0.717) is 39.8 Å². The third-order valence-electron chi connectivity index (χ3n) is 3.68. The molecule has 0 bridgehead atoms. The van der Waals surface area contributed by atoms with Gasteiger partial charge in [-0.25, -0.2) is 4.98 Å². The molecule has 25 heavy (non-hydrogen) atoms. The summed E-state index contributed by atoms with van der Waals surface area (Å²) in [7, 11) is 0. The monoisotopic (exact) mass is 335 g/mol. The van der Waals surface area contributed by atoms with Gasteiger partial charge in [0.05, 0.1) is 16.6 Å². The molecule has 3 aromatic heterocycles. The van der Waals surface area contributed by atoms with E-state index in [-0.39, 0.29) is 5.91 Å². The standard InChI is InChI=1S/C17H13N5O3/c1-9-14-7-12(8-18-17(14)25-21-9)16(23)20-13-5-3-4-11(6-13)15-19-10(2)24-22-15/h3-8H,1-2H3,(H,20,23). The van der Waals surface area contributed by atoms with Crippen molar-refractivity contribution in [1.29, 1.82) is 0 Å². The van der Waals surface area contributed by atoms with E-state index >= 15 is 0 Å². The average Bonchev–Trinajstić information content (AvgIpc) is 3.21. The summed E-state index contributed by atoms with van der Waals surface area (Å²) in [4.78, 5) is 20.8. The van der Waals surface area contributed by atoms with Gasteiger partial charge >= 0.3 is 0 Å². The van der Waals surface area contributed by atoms with E-state index < -0.39 is 0 Å². The summed E-state index contributed by atoms with van der Waals surface area (Å²) in [5, 5.41) is 11.3. The number of carbonyl (C=O) groups excluding carboxylic acids is 1. The number of benzene rings is 1. The SMILES string of the molecule is Cc1nc(-c2cccc(NC(=O)c3cnc4onc(C)c4c3)c2)no1. The van der Waals surface area contributed by atoms with Gasteiger partial charge in [-0.2, -0.15) is 4.98 Å². The topological polar surface area (TPSA) is 107 Å². The first-order valence-corrected chi connectivity index (χ1v) is 7.54. The van der Waals surface area contributed by atoms with Gasteiger partial charge < -0.3 is 14.4 Å². The molecule has 4 aromatic rings. The van der Waals surface area contributed by atoms with Crippen LogP contribution in [0.15, 0.2) is 45.6 Å². The zero-order chi connectivity index (χ0) is 17.4. The summed E-state index contributed by atoms with van der Waals surface area (Å²) in [6.45, 7) is 3.52. The Morgan fingerprint density at radius 1 is 1.12 bits per heavy atom. The van der Waals surface area contributed by atoms with E-state index in [9.17, 15) is 4.79 Å². The second-order valence-electron chi connectivity index (χ2n) is 5.52. The highest BCUT2D eigenvalue weighted by atomic mass is 16.5. The van der Waals surface area contributed by atoms with E-state index in [2.05, 4.69) is 25.6 Å². The first-order chi connectivity index (χ1) is 12.1. The molecule has 0 aliphatic heterocycles. The van der Waals surface area contributed by atoms with Crippen molar-refractivity contribution in [1.82, 2.24) is 20.3 Å². The normalized spacial score (nSPS) is 11.0. The minimum Gasteiger partial charge on any atom is -0.339 e. The summed E-state index contributed by atoms with van der Waals surface area (Å²) in [5.41, 5.74) is 2.87. The van der Waals surface area contributed by atoms with Crippen molar-refractivity contribution in [3.8, 4) is 11.4 Å². The summed E-state index contributed by atoms with van der Waals surface area (Å²) in [6, 6.07) is 8.91. The van der Waals surface area contributed by atoms with Gasteiger partial charge in [0, 0.05) is 24.4 Å². The van der Waals surface area contributed by atoms with Crippen molar-refractivity contribution in [2.45, 2.75) is 13.8 Å². The van der Waals surface area contributed by atoms with Crippen LogP contribution in [0.2, 0.25) is 0 Å². The number of carbonyl (C=O) groups is 1. The number of aryl methyl sites for hydroxylation is 2. The Labute approximate surface area is 141 Å². The first kappa shape index (κ1) is 15.0. The fourth-order valence-electron chi connectivity index (χ4n) is 2.43. The third kappa shape index (κ3) is 2.85. The molecule has 1 aromatic carbocycles. The van der Waals surface area contributed by atoms with Gasteiger partial charge in [-0.15, -0.1) is 0 Å². The van der Waals surface area contributed by atoms with Crippen LogP contribution in [0.25, 0.3) is 22.5 Å². The van der Waals surface area contributed by atoms with Gasteiger partial charge in [-0.1, -0.05) is 22.4 Å². The number of fused-ring (bicyclic) bond motifs is 1. The molecule has 0 atom stereocenters. The lowest BCUT2D eigenvalue weighted by Gasteiger charge is -2.06. The highest BCUT2D eigenvalue weighted by Gasteiger charge is 2.13. The number of rotatable bonds is 3. The first-order valence-electron chi connectivity index (χ1n) is 7.54. The predicted molar refractivity (Wildman–Crippen MR) is 89.0 cm³/mol. The van der Waals surface area contributed by atoms with Crippen molar-refractivity contribution in [2.24, 2.45) is 0 Å². The van der Waals surface area contributed by atoms with Crippen LogP contribution in [-0.4, -0.2) is 26.2 Å². The molecular weight excluding hydrogens is 322 g/mol. The maximum Gasteiger partial charge on any atom is 0.257 e. The minimum absolute atomic E-state index is 0.281. The zero-order valence-corrected chi connectivity index (χ0v) is 13.5. The lowest BCUT2D eigenvalue weighted by atomic mass is 10.1. The second-order valence-corrected chi connectivity index (χ2v) is 5.52. The molecule has 4 rings (SSSR count). The molecule has 1 N–H and O–H groups in total. The van der Waals surface area contributed by atoms with E-state index in [4.69, 9.17) is 9.05 Å². The van der Waals surface area contributed by atoms with Crippen LogP contribution >= 0.6 is 0 Å². The van der Waals surface area contributed by atoms with Crippen LogP contribution in [0, 0.1) is 13.8 Å². The Bertz CT molecular complexity index is 1080. The Kier molecular flexibility index (Phi) is 3.50. The number of amides is 1. The number of nitrogens with zero attached hydrogens (tertiary/aromatic N) is 4. The molecule has 8 heteroatoms. The predicted octanol–water partition coefficient (Wildman–Crippen LogP) is 3.14. The lowest BCUT2D eigenvalue weighted by Crippen LogP contribution is -2.12. The Hall–Kier alpha value is -3.55. The Balaban J connectivity index is 1.60. The number of hydrogen-bond acceptors (Lipinski definition) is 7. The maximum absolute atomic E-state index is 12.5. The third-order valence-corrected chi connectivity index (χ3v) is 3.68. The van der Waals surface area contributed by atoms with Gasteiger partial charge in [0.25, 0.3) is 11.6 Å². The highest BCUT2D eigenvalue weighted by Crippen LogP contribution is 2.21. The van der Waals surface area contributed by atoms with E-state index in [0.717, 1.165) is 5.56 Å². The average molecular weight is 335 g/mol. The van der Waals surface area contributed by atoms with Crippen molar-refractivity contribution >= 4 is 22.7 Å². The van der Waals surface area contributed by atoms with Crippen molar-refractivity contribution in [3.05, 3.63) is 53.7 Å². The lowest BCUT2D eigenvalue weighted by molar-refractivity contribution is 0.102. The molecular formula is C17H13N5O3. The van der Waals surface area contributed by atoms with E-state index in [1.165, 1.54) is 6.20 Å². The molecule has 0 aliphatic carbocycles. The molecule has 3 heterocycles. The number of pyridine rings is 1. The number of aromatic nitrogens is 4. The summed E-state index contributed by atoms with van der Waals surface area (Å²) < 4.78 is 10.0. The van der Waals surface area contributed by atoms with E-state index in [1.807, 2.05) is 12.1 Å². The second kappa shape index (κ2) is 5.82. The van der Waals surface area contributed by atoms with Gasteiger partial charge in [-0.3, -0.25) is 4.79 Å². The molecule has 0 saturated heterocycles. The zero-order valence-electron chi connectivity index (χ0n) is 13.5. The molecule has 1 amide bonds. The van der Waals surface area contributed by atoms with Crippen LogP contribution in [-0.2, 0) is 0 Å². The maximum atomic E-state index is 12.5. The molecule has 0 spiro atoms. The summed E-state index contributed by atoms with van der Waals surface area (Å²) >= 11 is 0. The molecule has 0 fully saturated rings.